The minimum Gasteiger partial charge on any atom is -0.419 e. The molecule has 0 bridgehead atoms. The van der Waals surface area contributed by atoms with Gasteiger partial charge in [-0.25, -0.2) is 4.39 Å². The Morgan fingerprint density at radius 2 is 1.77 bits per heavy atom. The van der Waals surface area contributed by atoms with Gasteiger partial charge in [-0.15, -0.1) is 10.2 Å². The number of hydrogen-bond acceptors (Lipinski definition) is 5. The largest absolute Gasteiger partial charge is 0.419 e. The summed E-state index contributed by atoms with van der Waals surface area (Å²) >= 11 is 0. The first kappa shape index (κ1) is 13.8. The molecule has 0 fully saturated rings. The van der Waals surface area contributed by atoms with Gasteiger partial charge in [0.05, 0.1) is 18.2 Å². The standard InChI is InChI=1S/C16H11FN4O/c17-13-5-3-12(4-6-13)16-21-20-15(22-16)10-19-14-7-1-11(9-18)2-8-14/h1-8,19H,10H2. The number of rotatable bonds is 4. The van der Waals surface area contributed by atoms with Crippen molar-refractivity contribution in [2.24, 2.45) is 0 Å². The van der Waals surface area contributed by atoms with Gasteiger partial charge in [0.15, 0.2) is 0 Å². The first-order chi connectivity index (χ1) is 10.7. The van der Waals surface area contributed by atoms with E-state index >= 15 is 0 Å². The van der Waals surface area contributed by atoms with Crippen molar-refractivity contribution in [1.29, 1.82) is 5.26 Å². The number of hydrogen-bond donors (Lipinski definition) is 1. The molecule has 6 heteroatoms. The second-order valence-corrected chi connectivity index (χ2v) is 4.55. The second kappa shape index (κ2) is 6.06. The molecule has 1 heterocycles. The number of nitrogens with zero attached hydrogens (tertiary/aromatic N) is 3. The highest BCUT2D eigenvalue weighted by atomic mass is 19.1. The summed E-state index contributed by atoms with van der Waals surface area (Å²) < 4.78 is 18.4. The maximum atomic E-state index is 12.9. The molecule has 0 radical (unpaired) electrons. The maximum absolute atomic E-state index is 12.9. The molecule has 3 aromatic rings. The number of aromatic nitrogens is 2. The van der Waals surface area contributed by atoms with Crippen LogP contribution in [0.25, 0.3) is 11.5 Å². The average molecular weight is 294 g/mol. The summed E-state index contributed by atoms with van der Waals surface area (Å²) in [4.78, 5) is 0. The summed E-state index contributed by atoms with van der Waals surface area (Å²) in [6.07, 6.45) is 0. The van der Waals surface area contributed by atoms with Crippen LogP contribution in [0.4, 0.5) is 10.1 Å². The first-order valence-electron chi connectivity index (χ1n) is 6.57. The van der Waals surface area contributed by atoms with Crippen molar-refractivity contribution in [3.63, 3.8) is 0 Å². The van der Waals surface area contributed by atoms with Gasteiger partial charge < -0.3 is 9.73 Å². The summed E-state index contributed by atoms with van der Waals surface area (Å²) in [6.45, 7) is 0.361. The summed E-state index contributed by atoms with van der Waals surface area (Å²) in [5.74, 6) is 0.450. The van der Waals surface area contributed by atoms with Crippen molar-refractivity contribution in [2.75, 3.05) is 5.32 Å². The van der Waals surface area contributed by atoms with Gasteiger partial charge in [0.1, 0.15) is 5.82 Å². The zero-order chi connectivity index (χ0) is 15.4. The third-order valence-corrected chi connectivity index (χ3v) is 3.02. The normalized spacial score (nSPS) is 10.2. The predicted molar refractivity (Wildman–Crippen MR) is 78.2 cm³/mol. The minimum atomic E-state index is -0.314. The molecule has 0 aliphatic rings. The fourth-order valence-electron chi connectivity index (χ4n) is 1.87. The third kappa shape index (κ3) is 3.10. The zero-order valence-electron chi connectivity index (χ0n) is 11.5. The fraction of sp³-hybridized carbons (Fsp3) is 0.0625. The Labute approximate surface area is 126 Å². The molecule has 108 valence electrons. The van der Waals surface area contributed by atoms with E-state index in [0.717, 1.165) is 5.69 Å². The molecular weight excluding hydrogens is 283 g/mol. The van der Waals surface area contributed by atoms with Crippen molar-refractivity contribution in [2.45, 2.75) is 6.54 Å². The molecule has 0 spiro atoms. The zero-order valence-corrected chi connectivity index (χ0v) is 11.5. The van der Waals surface area contributed by atoms with Crippen molar-refractivity contribution < 1.29 is 8.81 Å². The predicted octanol–water partition coefficient (Wildman–Crippen LogP) is 3.36. The van der Waals surface area contributed by atoms with E-state index in [4.69, 9.17) is 9.68 Å². The lowest BCUT2D eigenvalue weighted by Gasteiger charge is -2.02. The molecule has 5 nitrogen and oxygen atoms in total. The molecule has 0 aliphatic heterocycles. The molecule has 1 aromatic heterocycles. The highest BCUT2D eigenvalue weighted by Crippen LogP contribution is 2.18. The number of anilines is 1. The van der Waals surface area contributed by atoms with E-state index in [9.17, 15) is 4.39 Å². The van der Waals surface area contributed by atoms with Crippen molar-refractivity contribution >= 4 is 5.69 Å². The van der Waals surface area contributed by atoms with Gasteiger partial charge >= 0.3 is 0 Å². The summed E-state index contributed by atoms with van der Waals surface area (Å²) in [6, 6.07) is 15.0. The molecule has 0 atom stereocenters. The molecule has 0 aliphatic carbocycles. The fourth-order valence-corrected chi connectivity index (χ4v) is 1.87. The van der Waals surface area contributed by atoms with Crippen LogP contribution in [0.5, 0.6) is 0 Å². The van der Waals surface area contributed by atoms with E-state index in [1.165, 1.54) is 12.1 Å². The Hall–Kier alpha value is -3.20. The molecule has 0 saturated heterocycles. The van der Waals surface area contributed by atoms with Crippen molar-refractivity contribution in [3.8, 4) is 17.5 Å². The summed E-state index contributed by atoms with van der Waals surface area (Å²) in [5, 5.41) is 19.7. The molecule has 22 heavy (non-hydrogen) atoms. The van der Waals surface area contributed by atoms with Gasteiger partial charge in [-0.05, 0) is 48.5 Å². The Bertz CT molecular complexity index is 803. The van der Waals surface area contributed by atoms with Crippen LogP contribution in [0.1, 0.15) is 11.5 Å². The SMILES string of the molecule is N#Cc1ccc(NCc2nnc(-c3ccc(F)cc3)o2)cc1. The Kier molecular flexibility index (Phi) is 3.79. The quantitative estimate of drug-likeness (QED) is 0.798. The number of nitriles is 1. The molecule has 0 unspecified atom stereocenters. The Balaban J connectivity index is 1.66. The second-order valence-electron chi connectivity index (χ2n) is 4.55. The molecule has 0 amide bonds. The minimum absolute atomic E-state index is 0.314. The highest BCUT2D eigenvalue weighted by Gasteiger charge is 2.08. The van der Waals surface area contributed by atoms with E-state index in [-0.39, 0.29) is 5.82 Å². The third-order valence-electron chi connectivity index (χ3n) is 3.02. The van der Waals surface area contributed by atoms with E-state index in [0.29, 0.717) is 29.5 Å². The van der Waals surface area contributed by atoms with Crippen LogP contribution in [0.3, 0.4) is 0 Å². The topological polar surface area (TPSA) is 74.7 Å². The monoisotopic (exact) mass is 294 g/mol. The van der Waals surface area contributed by atoms with Gasteiger partial charge in [0.2, 0.25) is 11.8 Å². The summed E-state index contributed by atoms with van der Waals surface area (Å²) in [7, 11) is 0. The number of benzene rings is 2. The lowest BCUT2D eigenvalue weighted by molar-refractivity contribution is 0.515. The van der Waals surface area contributed by atoms with Crippen LogP contribution in [0.2, 0.25) is 0 Å². The van der Waals surface area contributed by atoms with Crippen LogP contribution >= 0.6 is 0 Å². The average Bonchev–Trinajstić information content (AvgIpc) is 3.03. The molecular formula is C16H11FN4O. The van der Waals surface area contributed by atoms with Crippen molar-refractivity contribution in [3.05, 3.63) is 65.8 Å². The maximum Gasteiger partial charge on any atom is 0.247 e. The summed E-state index contributed by atoms with van der Waals surface area (Å²) in [5.41, 5.74) is 2.11. The number of halogens is 1. The van der Waals surface area contributed by atoms with Gasteiger partial charge in [0, 0.05) is 11.3 Å². The van der Waals surface area contributed by atoms with Crippen LogP contribution in [-0.4, -0.2) is 10.2 Å². The Morgan fingerprint density at radius 1 is 1.05 bits per heavy atom. The first-order valence-corrected chi connectivity index (χ1v) is 6.57. The van der Waals surface area contributed by atoms with Crippen LogP contribution in [0.15, 0.2) is 52.9 Å². The lowest BCUT2D eigenvalue weighted by atomic mass is 10.2. The Morgan fingerprint density at radius 3 is 2.45 bits per heavy atom. The molecule has 3 rings (SSSR count). The smallest absolute Gasteiger partial charge is 0.247 e. The van der Waals surface area contributed by atoms with E-state index in [1.54, 1.807) is 36.4 Å². The molecule has 0 saturated carbocycles. The van der Waals surface area contributed by atoms with E-state index < -0.39 is 0 Å². The van der Waals surface area contributed by atoms with Gasteiger partial charge in [-0.3, -0.25) is 0 Å². The van der Waals surface area contributed by atoms with E-state index in [1.807, 2.05) is 0 Å². The van der Waals surface area contributed by atoms with Gasteiger partial charge in [-0.1, -0.05) is 0 Å². The van der Waals surface area contributed by atoms with Crippen LogP contribution in [0, 0.1) is 17.1 Å². The molecule has 1 N–H and O–H groups in total. The highest BCUT2D eigenvalue weighted by molar-refractivity contribution is 5.52. The van der Waals surface area contributed by atoms with Crippen molar-refractivity contribution in [1.82, 2.24) is 10.2 Å². The molecule has 2 aromatic carbocycles. The number of nitrogens with one attached hydrogen (secondary N) is 1. The van der Waals surface area contributed by atoms with Crippen LogP contribution in [-0.2, 0) is 6.54 Å². The lowest BCUT2D eigenvalue weighted by Crippen LogP contribution is -1.99. The van der Waals surface area contributed by atoms with Gasteiger partial charge in [-0.2, -0.15) is 5.26 Å². The van der Waals surface area contributed by atoms with E-state index in [2.05, 4.69) is 21.6 Å². The van der Waals surface area contributed by atoms with Gasteiger partial charge in [0.25, 0.3) is 0 Å². The van der Waals surface area contributed by atoms with Crippen LogP contribution < -0.4 is 5.32 Å².